The van der Waals surface area contributed by atoms with Gasteiger partial charge in [0.05, 0.1) is 6.54 Å². The molecule has 0 bridgehead atoms. The summed E-state index contributed by atoms with van der Waals surface area (Å²) in [4.78, 5) is 14.0. The molecule has 0 radical (unpaired) electrons. The van der Waals surface area contributed by atoms with Crippen molar-refractivity contribution in [3.63, 3.8) is 0 Å². The summed E-state index contributed by atoms with van der Waals surface area (Å²) in [5.74, 6) is 0. The lowest BCUT2D eigenvalue weighted by atomic mass is 10.2. The summed E-state index contributed by atoms with van der Waals surface area (Å²) >= 11 is 3.52. The fourth-order valence-corrected chi connectivity index (χ4v) is 2.15. The van der Waals surface area contributed by atoms with E-state index in [-0.39, 0.29) is 6.09 Å². The molecule has 0 spiro atoms. The highest BCUT2D eigenvalue weighted by Gasteiger charge is 2.22. The lowest BCUT2D eigenvalue weighted by Crippen LogP contribution is -2.37. The molecule has 1 amide bonds. The van der Waals surface area contributed by atoms with Crippen molar-refractivity contribution in [1.29, 1.82) is 0 Å². The second kappa shape index (κ2) is 7.67. The second-order valence-electron chi connectivity index (χ2n) is 5.85. The van der Waals surface area contributed by atoms with Crippen LogP contribution in [0.15, 0.2) is 28.7 Å². The Labute approximate surface area is 130 Å². The number of hydrogen-bond donors (Lipinski definition) is 0. The van der Waals surface area contributed by atoms with Gasteiger partial charge < -0.3 is 9.64 Å². The van der Waals surface area contributed by atoms with Crippen LogP contribution >= 0.6 is 15.9 Å². The molecule has 1 rings (SSSR count). The number of benzene rings is 1. The Morgan fingerprint density at radius 3 is 2.50 bits per heavy atom. The number of carbonyl (C=O) groups excluding carboxylic acids is 1. The fourth-order valence-electron chi connectivity index (χ4n) is 1.74. The highest BCUT2D eigenvalue weighted by Crippen LogP contribution is 2.19. The largest absolute Gasteiger partial charge is 0.444 e. The first-order valence-corrected chi connectivity index (χ1v) is 7.84. The van der Waals surface area contributed by atoms with Crippen LogP contribution in [0.1, 0.15) is 46.1 Å². The number of ether oxygens (including phenoxy) is 1. The van der Waals surface area contributed by atoms with Crippen molar-refractivity contribution in [1.82, 2.24) is 4.90 Å². The Kier molecular flexibility index (Phi) is 6.53. The van der Waals surface area contributed by atoms with Crippen molar-refractivity contribution < 1.29 is 9.53 Å². The van der Waals surface area contributed by atoms with Gasteiger partial charge in [0.2, 0.25) is 0 Å². The van der Waals surface area contributed by atoms with Gasteiger partial charge >= 0.3 is 6.09 Å². The Balaban J connectivity index is 2.79. The number of unbranched alkanes of at least 4 members (excludes halogenated alkanes) is 1. The third kappa shape index (κ3) is 5.95. The summed E-state index contributed by atoms with van der Waals surface area (Å²) in [6.07, 6.45) is 1.78. The molecule has 4 heteroatoms. The fraction of sp³-hybridized carbons (Fsp3) is 0.562. The van der Waals surface area contributed by atoms with E-state index in [4.69, 9.17) is 4.74 Å². The topological polar surface area (TPSA) is 29.5 Å². The number of rotatable bonds is 5. The highest BCUT2D eigenvalue weighted by atomic mass is 79.9. The van der Waals surface area contributed by atoms with Gasteiger partial charge in [0.25, 0.3) is 0 Å². The van der Waals surface area contributed by atoms with Gasteiger partial charge in [-0.2, -0.15) is 0 Å². The van der Waals surface area contributed by atoms with Crippen LogP contribution in [-0.4, -0.2) is 23.1 Å². The van der Waals surface area contributed by atoms with Crippen molar-refractivity contribution in [2.75, 3.05) is 6.54 Å². The lowest BCUT2D eigenvalue weighted by molar-refractivity contribution is 0.0231. The summed E-state index contributed by atoms with van der Waals surface area (Å²) in [5, 5.41) is 0. The molecule has 0 saturated heterocycles. The van der Waals surface area contributed by atoms with E-state index in [1.807, 2.05) is 45.0 Å². The molecular formula is C16H24BrNO2. The summed E-state index contributed by atoms with van der Waals surface area (Å²) in [6, 6.07) is 7.96. The standard InChI is InChI=1S/C16H24BrNO2/c1-5-6-11-18(15(19)20-16(2,3)4)12-13-9-7-8-10-14(13)17/h7-10H,5-6,11-12H2,1-4H3. The molecule has 0 N–H and O–H groups in total. The summed E-state index contributed by atoms with van der Waals surface area (Å²) in [7, 11) is 0. The van der Waals surface area contributed by atoms with Crippen molar-refractivity contribution in [3.05, 3.63) is 34.3 Å². The minimum atomic E-state index is -0.463. The van der Waals surface area contributed by atoms with Crippen molar-refractivity contribution >= 4 is 22.0 Å². The zero-order chi connectivity index (χ0) is 15.2. The number of nitrogens with zero attached hydrogens (tertiary/aromatic N) is 1. The van der Waals surface area contributed by atoms with E-state index in [2.05, 4.69) is 22.9 Å². The molecule has 0 saturated carbocycles. The van der Waals surface area contributed by atoms with E-state index in [0.29, 0.717) is 13.1 Å². The van der Waals surface area contributed by atoms with Crippen LogP contribution < -0.4 is 0 Å². The predicted octanol–water partition coefficient (Wildman–Crippen LogP) is 4.99. The summed E-state index contributed by atoms with van der Waals surface area (Å²) in [5.41, 5.74) is 0.629. The molecule has 0 aliphatic carbocycles. The van der Waals surface area contributed by atoms with Crippen LogP contribution in [0.25, 0.3) is 0 Å². The molecule has 0 unspecified atom stereocenters. The SMILES string of the molecule is CCCCN(Cc1ccccc1Br)C(=O)OC(C)(C)C. The van der Waals surface area contributed by atoms with E-state index in [0.717, 1.165) is 22.9 Å². The van der Waals surface area contributed by atoms with Crippen molar-refractivity contribution in [3.8, 4) is 0 Å². The molecule has 0 atom stereocenters. The third-order valence-corrected chi connectivity index (χ3v) is 3.53. The maximum absolute atomic E-state index is 12.3. The zero-order valence-corrected chi connectivity index (χ0v) is 14.4. The monoisotopic (exact) mass is 341 g/mol. The molecule has 0 aliphatic heterocycles. The van der Waals surface area contributed by atoms with Gasteiger partial charge in [-0.05, 0) is 38.8 Å². The Morgan fingerprint density at radius 1 is 1.30 bits per heavy atom. The Morgan fingerprint density at radius 2 is 1.95 bits per heavy atom. The van der Waals surface area contributed by atoms with Crippen molar-refractivity contribution in [2.24, 2.45) is 0 Å². The summed E-state index contributed by atoms with van der Waals surface area (Å²) in [6.45, 7) is 9.07. The average Bonchev–Trinajstić information content (AvgIpc) is 2.34. The number of hydrogen-bond acceptors (Lipinski definition) is 2. The van der Waals surface area contributed by atoms with Crippen LogP contribution in [0.2, 0.25) is 0 Å². The molecule has 0 fully saturated rings. The number of halogens is 1. The molecule has 20 heavy (non-hydrogen) atoms. The van der Waals surface area contributed by atoms with E-state index in [9.17, 15) is 4.79 Å². The van der Waals surface area contributed by atoms with Gasteiger partial charge in [0.1, 0.15) is 5.60 Å². The van der Waals surface area contributed by atoms with Crippen LogP contribution in [0, 0.1) is 0 Å². The van der Waals surface area contributed by atoms with Gasteiger partial charge in [-0.1, -0.05) is 47.5 Å². The normalized spacial score (nSPS) is 11.2. The smallest absolute Gasteiger partial charge is 0.410 e. The summed E-state index contributed by atoms with van der Waals surface area (Å²) < 4.78 is 6.50. The van der Waals surface area contributed by atoms with Crippen molar-refractivity contribution in [2.45, 2.75) is 52.7 Å². The van der Waals surface area contributed by atoms with Gasteiger partial charge in [0, 0.05) is 11.0 Å². The third-order valence-electron chi connectivity index (χ3n) is 2.75. The predicted molar refractivity (Wildman–Crippen MR) is 85.7 cm³/mol. The quantitative estimate of drug-likeness (QED) is 0.755. The first-order valence-electron chi connectivity index (χ1n) is 7.05. The Hall–Kier alpha value is -1.03. The number of carbonyl (C=O) groups is 1. The van der Waals surface area contributed by atoms with E-state index in [1.165, 1.54) is 0 Å². The molecular weight excluding hydrogens is 318 g/mol. The minimum absolute atomic E-state index is 0.248. The second-order valence-corrected chi connectivity index (χ2v) is 6.70. The van der Waals surface area contributed by atoms with Crippen LogP contribution in [0.4, 0.5) is 4.79 Å². The van der Waals surface area contributed by atoms with E-state index >= 15 is 0 Å². The van der Waals surface area contributed by atoms with E-state index in [1.54, 1.807) is 4.90 Å². The molecule has 1 aromatic rings. The average molecular weight is 342 g/mol. The molecule has 0 aliphatic rings. The van der Waals surface area contributed by atoms with Crippen LogP contribution in [0.3, 0.4) is 0 Å². The Bertz CT molecular complexity index is 440. The van der Waals surface area contributed by atoms with Crippen LogP contribution in [-0.2, 0) is 11.3 Å². The first-order chi connectivity index (χ1) is 9.33. The van der Waals surface area contributed by atoms with E-state index < -0.39 is 5.60 Å². The molecule has 1 aromatic carbocycles. The van der Waals surface area contributed by atoms with Gasteiger partial charge in [-0.3, -0.25) is 0 Å². The number of amides is 1. The van der Waals surface area contributed by atoms with Crippen LogP contribution in [0.5, 0.6) is 0 Å². The molecule has 3 nitrogen and oxygen atoms in total. The molecule has 0 aromatic heterocycles. The highest BCUT2D eigenvalue weighted by molar-refractivity contribution is 9.10. The maximum Gasteiger partial charge on any atom is 0.410 e. The first kappa shape index (κ1) is 17.0. The minimum Gasteiger partial charge on any atom is -0.444 e. The lowest BCUT2D eigenvalue weighted by Gasteiger charge is -2.27. The van der Waals surface area contributed by atoms with Gasteiger partial charge in [0.15, 0.2) is 0 Å². The zero-order valence-electron chi connectivity index (χ0n) is 12.8. The van der Waals surface area contributed by atoms with Gasteiger partial charge in [-0.15, -0.1) is 0 Å². The maximum atomic E-state index is 12.3. The molecule has 0 heterocycles. The molecule has 112 valence electrons. The van der Waals surface area contributed by atoms with Gasteiger partial charge in [-0.25, -0.2) is 4.79 Å².